The molecule has 0 aromatic carbocycles. The van der Waals surface area contributed by atoms with Crippen LogP contribution in [0, 0.1) is 11.8 Å². The van der Waals surface area contributed by atoms with Crippen LogP contribution in [0.15, 0.2) is 11.4 Å². The Morgan fingerprint density at radius 3 is 2.50 bits per heavy atom. The van der Waals surface area contributed by atoms with Crippen molar-refractivity contribution in [1.29, 1.82) is 0 Å². The van der Waals surface area contributed by atoms with Crippen molar-refractivity contribution in [3.05, 3.63) is 11.9 Å². The topological polar surface area (TPSA) is 84.7 Å². The summed E-state index contributed by atoms with van der Waals surface area (Å²) in [7, 11) is -1.78. The molecule has 1 aliphatic heterocycles. The van der Waals surface area contributed by atoms with E-state index in [1.165, 1.54) is 6.42 Å². The van der Waals surface area contributed by atoms with Crippen LogP contribution in [0.2, 0.25) is 0 Å². The minimum atomic E-state index is -3.41. The van der Waals surface area contributed by atoms with Crippen LogP contribution in [0.5, 0.6) is 0 Å². The van der Waals surface area contributed by atoms with E-state index < -0.39 is 9.84 Å². The fraction of sp³-hybridized carbons (Fsp3) is 0.850. The largest absolute Gasteiger partial charge is 0.396 e. The predicted octanol–water partition coefficient (Wildman–Crippen LogP) is 2.09. The zero-order valence-corrected chi connectivity index (χ0v) is 17.9. The summed E-state index contributed by atoms with van der Waals surface area (Å²) in [6.45, 7) is 3.74. The van der Waals surface area contributed by atoms with Crippen LogP contribution in [0.25, 0.3) is 0 Å². The van der Waals surface area contributed by atoms with Crippen LogP contribution in [0.1, 0.15) is 50.6 Å². The molecule has 0 atom stereocenters. The third kappa shape index (κ3) is 5.55. The van der Waals surface area contributed by atoms with Crippen molar-refractivity contribution in [2.45, 2.75) is 63.2 Å². The average molecular weight is 414 g/mol. The zero-order valence-electron chi connectivity index (χ0n) is 17.1. The van der Waals surface area contributed by atoms with Gasteiger partial charge in [-0.05, 0) is 50.6 Å². The summed E-state index contributed by atoms with van der Waals surface area (Å²) < 4.78 is 33.3. The number of nitrogens with zero attached hydrogens (tertiary/aromatic N) is 3. The Balaban J connectivity index is 1.73. The standard InChI is InChI=1S/C20H35N3O4S/c1-27-12-11-23-19(14-22-9-7-17(15-24)8-10-22)13-21-20(23)28(25,26)16-18-5-3-2-4-6-18/h13,17-18,24H,2-12,14-16H2,1H3. The molecule has 1 N–H and O–H groups in total. The number of piperidine rings is 1. The van der Waals surface area contributed by atoms with Gasteiger partial charge >= 0.3 is 0 Å². The maximum Gasteiger partial charge on any atom is 0.227 e. The first-order chi connectivity index (χ1) is 13.5. The average Bonchev–Trinajstić information content (AvgIpc) is 3.11. The van der Waals surface area contributed by atoms with Crippen LogP contribution < -0.4 is 0 Å². The first kappa shape index (κ1) is 21.7. The molecule has 3 rings (SSSR count). The van der Waals surface area contributed by atoms with E-state index in [-0.39, 0.29) is 23.4 Å². The number of aromatic nitrogens is 2. The smallest absolute Gasteiger partial charge is 0.227 e. The molecular formula is C20H35N3O4S. The molecular weight excluding hydrogens is 378 g/mol. The van der Waals surface area contributed by atoms with Gasteiger partial charge in [0.25, 0.3) is 0 Å². The number of imidazole rings is 1. The highest BCUT2D eigenvalue weighted by Crippen LogP contribution is 2.27. The quantitative estimate of drug-likeness (QED) is 0.667. The van der Waals surface area contributed by atoms with E-state index in [1.54, 1.807) is 13.3 Å². The molecule has 0 spiro atoms. The van der Waals surface area contributed by atoms with Gasteiger partial charge in [-0.15, -0.1) is 0 Å². The first-order valence-electron chi connectivity index (χ1n) is 10.6. The van der Waals surface area contributed by atoms with E-state index in [4.69, 9.17) is 4.74 Å². The van der Waals surface area contributed by atoms with E-state index in [2.05, 4.69) is 9.88 Å². The monoisotopic (exact) mass is 413 g/mol. The number of ether oxygens (including phenoxy) is 1. The lowest BCUT2D eigenvalue weighted by atomic mass is 9.91. The zero-order chi connectivity index (χ0) is 20.0. The third-order valence-corrected chi connectivity index (χ3v) is 8.02. The highest BCUT2D eigenvalue weighted by Gasteiger charge is 2.29. The fourth-order valence-electron chi connectivity index (χ4n) is 4.48. The van der Waals surface area contributed by atoms with Crippen LogP contribution in [-0.4, -0.2) is 67.1 Å². The molecule has 28 heavy (non-hydrogen) atoms. The second-order valence-corrected chi connectivity index (χ2v) is 10.3. The summed E-state index contributed by atoms with van der Waals surface area (Å²) in [5, 5.41) is 9.53. The van der Waals surface area contributed by atoms with Crippen LogP contribution in [0.3, 0.4) is 0 Å². The number of aliphatic hydroxyl groups excluding tert-OH is 1. The number of rotatable bonds is 9. The second-order valence-electron chi connectivity index (χ2n) is 8.36. The van der Waals surface area contributed by atoms with E-state index >= 15 is 0 Å². The van der Waals surface area contributed by atoms with Gasteiger partial charge in [-0.25, -0.2) is 13.4 Å². The van der Waals surface area contributed by atoms with E-state index in [9.17, 15) is 13.5 Å². The van der Waals surface area contributed by atoms with Gasteiger partial charge in [0, 0.05) is 26.8 Å². The summed E-state index contributed by atoms with van der Waals surface area (Å²) >= 11 is 0. The van der Waals surface area contributed by atoms with Gasteiger partial charge in [0.15, 0.2) is 0 Å². The van der Waals surface area contributed by atoms with Crippen molar-refractivity contribution in [2.24, 2.45) is 11.8 Å². The maximum atomic E-state index is 13.1. The van der Waals surface area contributed by atoms with Crippen LogP contribution in [0.4, 0.5) is 0 Å². The highest BCUT2D eigenvalue weighted by atomic mass is 32.2. The van der Waals surface area contributed by atoms with Gasteiger partial charge in [-0.3, -0.25) is 4.90 Å². The van der Waals surface area contributed by atoms with Crippen LogP contribution >= 0.6 is 0 Å². The Bertz CT molecular complexity index is 705. The molecule has 0 bridgehead atoms. The SMILES string of the molecule is COCCn1c(CN2CCC(CO)CC2)cnc1S(=O)(=O)CC1CCCCC1. The molecule has 0 amide bonds. The molecule has 7 nitrogen and oxygen atoms in total. The van der Waals surface area contributed by atoms with E-state index in [1.807, 2.05) is 4.57 Å². The Morgan fingerprint density at radius 1 is 1.14 bits per heavy atom. The molecule has 0 unspecified atom stereocenters. The van der Waals surface area contributed by atoms with Crippen molar-refractivity contribution in [1.82, 2.24) is 14.5 Å². The van der Waals surface area contributed by atoms with Gasteiger partial charge in [0.05, 0.1) is 24.3 Å². The second kappa shape index (κ2) is 10.2. The number of methoxy groups -OCH3 is 1. The van der Waals surface area contributed by atoms with Crippen molar-refractivity contribution < 1.29 is 18.3 Å². The minimum Gasteiger partial charge on any atom is -0.396 e. The lowest BCUT2D eigenvalue weighted by Crippen LogP contribution is -2.35. The van der Waals surface area contributed by atoms with Gasteiger partial charge in [0.2, 0.25) is 15.0 Å². The summed E-state index contributed by atoms with van der Waals surface area (Å²) in [6.07, 6.45) is 9.18. The van der Waals surface area contributed by atoms with Crippen molar-refractivity contribution >= 4 is 9.84 Å². The summed E-state index contributed by atoms with van der Waals surface area (Å²) in [5.41, 5.74) is 0.932. The summed E-state index contributed by atoms with van der Waals surface area (Å²) in [6, 6.07) is 0. The Labute approximate surface area is 169 Å². The lowest BCUT2D eigenvalue weighted by molar-refractivity contribution is 0.124. The number of sulfone groups is 1. The number of aliphatic hydroxyl groups is 1. The Hall–Kier alpha value is -0.960. The molecule has 1 saturated heterocycles. The molecule has 0 radical (unpaired) electrons. The molecule has 2 fully saturated rings. The Kier molecular flexibility index (Phi) is 7.91. The molecule has 1 aromatic rings. The van der Waals surface area contributed by atoms with Crippen molar-refractivity contribution in [3.63, 3.8) is 0 Å². The fourth-order valence-corrected chi connectivity index (χ4v) is 6.34. The maximum absolute atomic E-state index is 13.1. The summed E-state index contributed by atoms with van der Waals surface area (Å²) in [5.74, 6) is 0.853. The minimum absolute atomic E-state index is 0.204. The highest BCUT2D eigenvalue weighted by molar-refractivity contribution is 7.91. The number of likely N-dealkylation sites (tertiary alicyclic amines) is 1. The molecule has 8 heteroatoms. The van der Waals surface area contributed by atoms with E-state index in [0.29, 0.717) is 25.6 Å². The molecule has 1 aliphatic carbocycles. The molecule has 1 aromatic heterocycles. The number of hydrogen-bond donors (Lipinski definition) is 1. The van der Waals surface area contributed by atoms with Gasteiger partial charge in [-0.2, -0.15) is 0 Å². The van der Waals surface area contributed by atoms with Crippen molar-refractivity contribution in [3.8, 4) is 0 Å². The third-order valence-electron chi connectivity index (χ3n) is 6.23. The first-order valence-corrected chi connectivity index (χ1v) is 12.3. The van der Waals surface area contributed by atoms with Gasteiger partial charge in [0.1, 0.15) is 0 Å². The van der Waals surface area contributed by atoms with Gasteiger partial charge in [-0.1, -0.05) is 19.3 Å². The molecule has 160 valence electrons. The van der Waals surface area contributed by atoms with Crippen LogP contribution in [-0.2, 0) is 27.7 Å². The molecule has 2 heterocycles. The number of hydrogen-bond acceptors (Lipinski definition) is 6. The lowest BCUT2D eigenvalue weighted by Gasteiger charge is -2.31. The predicted molar refractivity (Wildman–Crippen MR) is 108 cm³/mol. The molecule has 1 saturated carbocycles. The van der Waals surface area contributed by atoms with Crippen molar-refractivity contribution in [2.75, 3.05) is 39.2 Å². The Morgan fingerprint density at radius 2 is 1.86 bits per heavy atom. The molecule has 2 aliphatic rings. The van der Waals surface area contributed by atoms with Gasteiger partial charge < -0.3 is 14.4 Å². The van der Waals surface area contributed by atoms with E-state index in [0.717, 1.165) is 57.3 Å². The summed E-state index contributed by atoms with van der Waals surface area (Å²) in [4.78, 5) is 6.68. The normalized spacial score (nSPS) is 20.6.